The van der Waals surface area contributed by atoms with E-state index < -0.39 is 28.5 Å². The van der Waals surface area contributed by atoms with E-state index in [9.17, 15) is 18.0 Å². The van der Waals surface area contributed by atoms with Gasteiger partial charge in [0.1, 0.15) is 12.6 Å². The first-order valence-electron chi connectivity index (χ1n) is 15.1. The number of carbonyl (C=O) groups is 2. The molecule has 1 atom stereocenters. The number of hydrogen-bond donors (Lipinski definition) is 1. The average molecular weight is 646 g/mol. The topological polar surface area (TPSA) is 86.8 Å². The molecule has 0 spiro atoms. The number of amides is 2. The molecule has 0 fully saturated rings. The van der Waals surface area contributed by atoms with Gasteiger partial charge in [0.2, 0.25) is 11.8 Å². The van der Waals surface area contributed by atoms with Gasteiger partial charge in [0.05, 0.1) is 10.6 Å². The first kappa shape index (κ1) is 33.7. The van der Waals surface area contributed by atoms with Crippen LogP contribution in [0.1, 0.15) is 42.0 Å². The Morgan fingerprint density at radius 3 is 2.16 bits per heavy atom. The van der Waals surface area contributed by atoms with Crippen molar-refractivity contribution in [3.05, 3.63) is 130 Å². The second-order valence-electron chi connectivity index (χ2n) is 11.1. The predicted octanol–water partition coefficient (Wildman–Crippen LogP) is 6.71. The van der Waals surface area contributed by atoms with Gasteiger partial charge < -0.3 is 10.2 Å². The first-order chi connectivity index (χ1) is 21.6. The summed E-state index contributed by atoms with van der Waals surface area (Å²) >= 11 is 6.35. The Morgan fingerprint density at radius 2 is 1.49 bits per heavy atom. The molecule has 7 nitrogen and oxygen atoms in total. The molecule has 236 valence electrons. The van der Waals surface area contributed by atoms with Gasteiger partial charge in [-0.2, -0.15) is 0 Å². The summed E-state index contributed by atoms with van der Waals surface area (Å²) in [5.41, 5.74) is 3.63. The van der Waals surface area contributed by atoms with Crippen molar-refractivity contribution in [1.29, 1.82) is 0 Å². The van der Waals surface area contributed by atoms with Gasteiger partial charge in [-0.15, -0.1) is 0 Å². The van der Waals surface area contributed by atoms with E-state index in [4.69, 9.17) is 11.6 Å². The highest BCUT2D eigenvalue weighted by atomic mass is 35.5. The Morgan fingerprint density at radius 1 is 0.844 bits per heavy atom. The van der Waals surface area contributed by atoms with Crippen LogP contribution in [0, 0.1) is 13.8 Å². The molecule has 0 bridgehead atoms. The van der Waals surface area contributed by atoms with Crippen LogP contribution >= 0.6 is 11.6 Å². The van der Waals surface area contributed by atoms with E-state index in [-0.39, 0.29) is 23.8 Å². The number of aryl methyl sites for hydroxylation is 2. The Kier molecular flexibility index (Phi) is 11.8. The Balaban J connectivity index is 1.82. The number of carbonyl (C=O) groups excluding carboxylic acids is 2. The zero-order valence-electron chi connectivity index (χ0n) is 25.9. The summed E-state index contributed by atoms with van der Waals surface area (Å²) in [4.78, 5) is 30.0. The van der Waals surface area contributed by atoms with Crippen molar-refractivity contribution in [1.82, 2.24) is 10.2 Å². The van der Waals surface area contributed by atoms with Gasteiger partial charge in [-0.3, -0.25) is 13.9 Å². The lowest BCUT2D eigenvalue weighted by molar-refractivity contribution is -0.140. The van der Waals surface area contributed by atoms with E-state index >= 15 is 0 Å². The number of nitrogens with zero attached hydrogens (tertiary/aromatic N) is 2. The van der Waals surface area contributed by atoms with Crippen LogP contribution < -0.4 is 9.62 Å². The zero-order chi connectivity index (χ0) is 32.4. The smallest absolute Gasteiger partial charge is 0.264 e. The van der Waals surface area contributed by atoms with Crippen molar-refractivity contribution >= 4 is 39.1 Å². The van der Waals surface area contributed by atoms with Crippen molar-refractivity contribution < 1.29 is 18.0 Å². The van der Waals surface area contributed by atoms with Crippen molar-refractivity contribution in [3.63, 3.8) is 0 Å². The summed E-state index contributed by atoms with van der Waals surface area (Å²) in [6.07, 6.45) is 1.96. The highest BCUT2D eigenvalue weighted by molar-refractivity contribution is 7.92. The fraction of sp³-hybridized carbons (Fsp3) is 0.278. The van der Waals surface area contributed by atoms with Crippen LogP contribution in [0.3, 0.4) is 0 Å². The summed E-state index contributed by atoms with van der Waals surface area (Å²) < 4.78 is 29.4. The van der Waals surface area contributed by atoms with Gasteiger partial charge in [-0.1, -0.05) is 104 Å². The predicted molar refractivity (Wildman–Crippen MR) is 181 cm³/mol. The monoisotopic (exact) mass is 645 g/mol. The minimum atomic E-state index is -4.20. The summed E-state index contributed by atoms with van der Waals surface area (Å²) in [6, 6.07) is 29.3. The molecule has 2 amide bonds. The maximum atomic E-state index is 14.6. The summed E-state index contributed by atoms with van der Waals surface area (Å²) in [5.74, 6) is -0.797. The SMILES string of the molecule is CCCCNC(=O)[C@H](Cc1ccccc1)N(Cc1ccccc1C)C(=O)CN(c1cc(Cl)ccc1C)S(=O)(=O)c1ccccc1. The standard InChI is InChI=1S/C36H40ClN3O4S/c1-4-5-22-38-36(42)34(23-29-15-8-6-9-16-29)39(25-30-17-13-12-14-27(30)2)35(41)26-40(33-24-31(37)21-20-28(33)3)45(43,44)32-18-10-7-11-19-32/h6-21,24,34H,4-5,22-23,25-26H2,1-3H3,(H,38,42)/t34-/m0/s1. The number of anilines is 1. The third-order valence-corrected chi connectivity index (χ3v) is 9.76. The average Bonchev–Trinajstić information content (AvgIpc) is 3.04. The van der Waals surface area contributed by atoms with Gasteiger partial charge in [0, 0.05) is 24.5 Å². The molecule has 0 aliphatic carbocycles. The Labute approximate surface area is 271 Å². The molecule has 1 N–H and O–H groups in total. The van der Waals surface area contributed by atoms with Gasteiger partial charge in [0.15, 0.2) is 0 Å². The largest absolute Gasteiger partial charge is 0.354 e. The van der Waals surface area contributed by atoms with E-state index in [1.807, 2.05) is 68.4 Å². The van der Waals surface area contributed by atoms with E-state index in [1.165, 1.54) is 17.0 Å². The van der Waals surface area contributed by atoms with Crippen LogP contribution in [0.15, 0.2) is 108 Å². The van der Waals surface area contributed by atoms with Crippen molar-refractivity contribution in [2.75, 3.05) is 17.4 Å². The molecule has 0 radical (unpaired) electrons. The van der Waals surface area contributed by atoms with Crippen LogP contribution in [0.2, 0.25) is 5.02 Å². The number of unbranched alkanes of at least 4 members (excludes halogenated alkanes) is 1. The molecule has 9 heteroatoms. The maximum absolute atomic E-state index is 14.6. The normalized spacial score (nSPS) is 11.9. The molecule has 0 heterocycles. The second kappa shape index (κ2) is 15.7. The van der Waals surface area contributed by atoms with Crippen molar-refractivity contribution in [3.8, 4) is 0 Å². The fourth-order valence-electron chi connectivity index (χ4n) is 5.12. The molecule has 4 aromatic rings. The molecule has 0 aliphatic heterocycles. The van der Waals surface area contributed by atoms with Crippen molar-refractivity contribution in [2.45, 2.75) is 57.5 Å². The minimum Gasteiger partial charge on any atom is -0.354 e. The number of benzene rings is 4. The zero-order valence-corrected chi connectivity index (χ0v) is 27.5. The molecule has 4 aromatic carbocycles. The highest BCUT2D eigenvalue weighted by Crippen LogP contribution is 2.30. The van der Waals surface area contributed by atoms with E-state index in [2.05, 4.69) is 5.32 Å². The summed E-state index contributed by atoms with van der Waals surface area (Å²) in [7, 11) is -4.20. The quantitative estimate of drug-likeness (QED) is 0.155. The van der Waals surface area contributed by atoms with Gasteiger partial charge in [-0.05, 0) is 66.8 Å². The van der Waals surface area contributed by atoms with Crippen molar-refractivity contribution in [2.24, 2.45) is 0 Å². The second-order valence-corrected chi connectivity index (χ2v) is 13.4. The van der Waals surface area contributed by atoms with E-state index in [1.54, 1.807) is 43.3 Å². The number of hydrogen-bond acceptors (Lipinski definition) is 4. The van der Waals surface area contributed by atoms with E-state index in [0.717, 1.165) is 33.8 Å². The van der Waals surface area contributed by atoms with Gasteiger partial charge >= 0.3 is 0 Å². The molecule has 0 unspecified atom stereocenters. The molecule has 0 aliphatic rings. The molecule has 0 saturated carbocycles. The number of halogens is 1. The van der Waals surface area contributed by atoms with Gasteiger partial charge in [-0.25, -0.2) is 8.42 Å². The van der Waals surface area contributed by atoms with Crippen LogP contribution in [0.4, 0.5) is 5.69 Å². The summed E-state index contributed by atoms with van der Waals surface area (Å²) in [5, 5.41) is 3.35. The number of rotatable bonds is 14. The first-order valence-corrected chi connectivity index (χ1v) is 16.9. The fourth-order valence-corrected chi connectivity index (χ4v) is 6.77. The highest BCUT2D eigenvalue weighted by Gasteiger charge is 2.35. The van der Waals surface area contributed by atoms with Crippen LogP contribution in [0.25, 0.3) is 0 Å². The number of sulfonamides is 1. The third-order valence-electron chi connectivity index (χ3n) is 7.75. The number of nitrogens with one attached hydrogen (secondary N) is 1. The summed E-state index contributed by atoms with van der Waals surface area (Å²) in [6.45, 7) is 5.83. The van der Waals surface area contributed by atoms with Crippen LogP contribution in [-0.2, 0) is 32.6 Å². The molecular weight excluding hydrogens is 606 g/mol. The maximum Gasteiger partial charge on any atom is 0.264 e. The Hall–Kier alpha value is -4.14. The molecular formula is C36H40ClN3O4S. The van der Waals surface area contributed by atoms with Crippen LogP contribution in [-0.4, -0.2) is 44.3 Å². The Bertz CT molecular complexity index is 1700. The third kappa shape index (κ3) is 8.74. The lowest BCUT2D eigenvalue weighted by Crippen LogP contribution is -2.53. The molecule has 45 heavy (non-hydrogen) atoms. The van der Waals surface area contributed by atoms with E-state index in [0.29, 0.717) is 22.8 Å². The van der Waals surface area contributed by atoms with Crippen LogP contribution in [0.5, 0.6) is 0 Å². The lowest BCUT2D eigenvalue weighted by atomic mass is 10.0. The molecule has 4 rings (SSSR count). The molecule has 0 saturated heterocycles. The minimum absolute atomic E-state index is 0.0424. The molecule has 0 aromatic heterocycles. The lowest BCUT2D eigenvalue weighted by Gasteiger charge is -2.34. The van der Waals surface area contributed by atoms with Gasteiger partial charge in [0.25, 0.3) is 10.0 Å².